The number of aromatic nitrogens is 2. The molecule has 2 aliphatic heterocycles. The van der Waals surface area contributed by atoms with Crippen molar-refractivity contribution in [2.75, 3.05) is 0 Å². The van der Waals surface area contributed by atoms with Crippen LogP contribution in [0.25, 0.3) is 0 Å². The van der Waals surface area contributed by atoms with Crippen LogP contribution in [0.4, 0.5) is 9.18 Å². The average molecular weight is 358 g/mol. The van der Waals surface area contributed by atoms with E-state index in [0.29, 0.717) is 12.8 Å². The first-order valence-corrected chi connectivity index (χ1v) is 8.43. The number of hydrogen-bond donors (Lipinski definition) is 0. The van der Waals surface area contributed by atoms with Crippen LogP contribution in [0, 0.1) is 0 Å². The molecule has 132 valence electrons. The molecule has 0 spiro atoms. The zero-order chi connectivity index (χ0) is 17.5. The lowest BCUT2D eigenvalue weighted by Crippen LogP contribution is -2.57. The fraction of sp³-hybridized carbons (Fsp3) is 0.688. The van der Waals surface area contributed by atoms with Gasteiger partial charge in [-0.3, -0.25) is 4.90 Å². The molecule has 0 N–H and O–H groups in total. The third-order valence-corrected chi connectivity index (χ3v) is 4.46. The first-order valence-electron chi connectivity index (χ1n) is 8.06. The van der Waals surface area contributed by atoms with Crippen molar-refractivity contribution in [1.29, 1.82) is 0 Å². The zero-order valence-corrected chi connectivity index (χ0v) is 14.7. The minimum Gasteiger partial charge on any atom is -0.470 e. The van der Waals surface area contributed by atoms with Gasteiger partial charge in [-0.05, 0) is 39.7 Å². The minimum absolute atomic E-state index is 0.0814. The maximum absolute atomic E-state index is 14.9. The summed E-state index contributed by atoms with van der Waals surface area (Å²) >= 11 is 5.68. The van der Waals surface area contributed by atoms with Crippen LogP contribution in [0.5, 0.6) is 5.88 Å². The van der Waals surface area contributed by atoms with Crippen LogP contribution in [0.3, 0.4) is 0 Å². The van der Waals surface area contributed by atoms with Crippen LogP contribution in [0.2, 0.25) is 5.15 Å². The fourth-order valence-electron chi connectivity index (χ4n) is 3.34. The first-order chi connectivity index (χ1) is 11.2. The number of rotatable bonds is 2. The predicted molar refractivity (Wildman–Crippen MR) is 85.9 cm³/mol. The van der Waals surface area contributed by atoms with Gasteiger partial charge in [0.1, 0.15) is 11.7 Å². The van der Waals surface area contributed by atoms with Crippen molar-refractivity contribution in [2.24, 2.45) is 0 Å². The molecule has 3 heterocycles. The fourth-order valence-corrected chi connectivity index (χ4v) is 3.44. The Morgan fingerprint density at radius 1 is 1.33 bits per heavy atom. The Balaban J connectivity index is 1.70. The molecule has 1 aromatic heterocycles. The number of nitrogens with zero attached hydrogens (tertiary/aromatic N) is 3. The Morgan fingerprint density at radius 3 is 2.71 bits per heavy atom. The highest BCUT2D eigenvalue weighted by molar-refractivity contribution is 6.29. The first kappa shape index (κ1) is 17.2. The van der Waals surface area contributed by atoms with Gasteiger partial charge in [-0.25, -0.2) is 9.18 Å². The summed E-state index contributed by atoms with van der Waals surface area (Å²) in [4.78, 5) is 13.9. The normalized spacial score (nSPS) is 29.5. The minimum atomic E-state index is -1.30. The van der Waals surface area contributed by atoms with Gasteiger partial charge >= 0.3 is 6.09 Å². The van der Waals surface area contributed by atoms with Crippen molar-refractivity contribution >= 4 is 17.7 Å². The van der Waals surface area contributed by atoms with Gasteiger partial charge < -0.3 is 9.47 Å². The van der Waals surface area contributed by atoms with Crippen molar-refractivity contribution < 1.29 is 18.7 Å². The highest BCUT2D eigenvalue weighted by Crippen LogP contribution is 2.39. The smallest absolute Gasteiger partial charge is 0.410 e. The van der Waals surface area contributed by atoms with Gasteiger partial charge in [-0.1, -0.05) is 11.6 Å². The molecule has 0 radical (unpaired) electrons. The van der Waals surface area contributed by atoms with Crippen molar-refractivity contribution in [3.05, 3.63) is 17.3 Å². The summed E-state index contributed by atoms with van der Waals surface area (Å²) in [6.45, 7) is 5.40. The quantitative estimate of drug-likeness (QED) is 0.811. The van der Waals surface area contributed by atoms with E-state index in [-0.39, 0.29) is 17.1 Å². The van der Waals surface area contributed by atoms with Gasteiger partial charge in [0.15, 0.2) is 11.3 Å². The lowest BCUT2D eigenvalue weighted by atomic mass is 9.98. The van der Waals surface area contributed by atoms with E-state index in [9.17, 15) is 9.18 Å². The van der Waals surface area contributed by atoms with Crippen molar-refractivity contribution in [3.8, 4) is 5.88 Å². The third kappa shape index (κ3) is 3.55. The van der Waals surface area contributed by atoms with E-state index < -0.39 is 30.0 Å². The number of alkyl halides is 1. The van der Waals surface area contributed by atoms with E-state index >= 15 is 0 Å². The lowest BCUT2D eigenvalue weighted by Gasteiger charge is -2.41. The van der Waals surface area contributed by atoms with Crippen LogP contribution in [0.1, 0.15) is 40.0 Å². The molecule has 8 heteroatoms. The molecule has 6 nitrogen and oxygen atoms in total. The van der Waals surface area contributed by atoms with Gasteiger partial charge in [0.05, 0.1) is 6.04 Å². The molecule has 0 aliphatic carbocycles. The molecular formula is C16H21ClFN3O3. The van der Waals surface area contributed by atoms with Gasteiger partial charge in [0, 0.05) is 18.5 Å². The molecule has 2 bridgehead atoms. The summed E-state index contributed by atoms with van der Waals surface area (Å²) in [7, 11) is 0. The van der Waals surface area contributed by atoms with E-state index in [2.05, 4.69) is 10.2 Å². The van der Waals surface area contributed by atoms with Crippen molar-refractivity contribution in [3.63, 3.8) is 0 Å². The Hall–Kier alpha value is -1.63. The van der Waals surface area contributed by atoms with Gasteiger partial charge in [0.25, 0.3) is 0 Å². The van der Waals surface area contributed by atoms with E-state index in [1.807, 2.05) is 0 Å². The van der Waals surface area contributed by atoms with Crippen LogP contribution in [0.15, 0.2) is 12.1 Å². The van der Waals surface area contributed by atoms with Crippen LogP contribution in [-0.4, -0.2) is 51.2 Å². The molecule has 0 saturated carbocycles. The molecular weight excluding hydrogens is 337 g/mol. The van der Waals surface area contributed by atoms with Crippen LogP contribution >= 0.6 is 11.6 Å². The number of hydrogen-bond acceptors (Lipinski definition) is 5. The number of carbonyl (C=O) groups is 1. The number of piperidine rings is 1. The highest BCUT2D eigenvalue weighted by atomic mass is 35.5. The molecule has 4 unspecified atom stereocenters. The maximum atomic E-state index is 14.9. The SMILES string of the molecule is CC(C)(C)OC(=O)N1C2CCC1C(F)C(Oc1ccc(Cl)nn1)C2. The standard InChI is InChI=1S/C16H21ClFN3O3/c1-16(2,3)24-15(22)21-9-4-5-10(21)14(18)11(8-9)23-13-7-6-12(17)19-20-13/h6-7,9-11,14H,4-5,8H2,1-3H3. The van der Waals surface area contributed by atoms with E-state index in [1.165, 1.54) is 0 Å². The largest absolute Gasteiger partial charge is 0.470 e. The monoisotopic (exact) mass is 357 g/mol. The van der Waals surface area contributed by atoms with E-state index in [0.717, 1.165) is 6.42 Å². The van der Waals surface area contributed by atoms with E-state index in [1.54, 1.807) is 37.8 Å². The molecule has 3 rings (SSSR count). The van der Waals surface area contributed by atoms with Gasteiger partial charge in [-0.2, -0.15) is 0 Å². The Morgan fingerprint density at radius 2 is 2.08 bits per heavy atom. The third-order valence-electron chi connectivity index (χ3n) is 4.26. The summed E-state index contributed by atoms with van der Waals surface area (Å²) < 4.78 is 26.0. The summed E-state index contributed by atoms with van der Waals surface area (Å²) in [6, 6.07) is 2.50. The second-order valence-electron chi connectivity index (χ2n) is 7.22. The summed E-state index contributed by atoms with van der Waals surface area (Å²) in [5.41, 5.74) is -0.603. The number of ether oxygens (including phenoxy) is 2. The Kier molecular flexibility index (Phi) is 4.55. The molecule has 1 amide bonds. The summed E-state index contributed by atoms with van der Waals surface area (Å²) in [6.07, 6.45) is -0.651. The molecule has 2 fully saturated rings. The topological polar surface area (TPSA) is 64.5 Å². The van der Waals surface area contributed by atoms with Gasteiger partial charge in [0.2, 0.25) is 5.88 Å². The van der Waals surface area contributed by atoms with Gasteiger partial charge in [-0.15, -0.1) is 10.2 Å². The van der Waals surface area contributed by atoms with Crippen molar-refractivity contribution in [2.45, 2.75) is 70.0 Å². The number of fused-ring (bicyclic) bond motifs is 2. The maximum Gasteiger partial charge on any atom is 0.410 e. The van der Waals surface area contributed by atoms with Crippen molar-refractivity contribution in [1.82, 2.24) is 15.1 Å². The summed E-state index contributed by atoms with van der Waals surface area (Å²) in [5, 5.41) is 7.74. The number of halogens is 2. The van der Waals surface area contributed by atoms with Crippen LogP contribution in [-0.2, 0) is 4.74 Å². The Labute approximate surface area is 145 Å². The highest BCUT2D eigenvalue weighted by Gasteiger charge is 2.52. The van der Waals surface area contributed by atoms with Crippen LogP contribution < -0.4 is 4.74 Å². The molecule has 4 atom stereocenters. The zero-order valence-electron chi connectivity index (χ0n) is 13.9. The molecule has 1 aromatic rings. The lowest BCUT2D eigenvalue weighted by molar-refractivity contribution is -0.0412. The molecule has 2 aliphatic rings. The van der Waals surface area contributed by atoms with E-state index in [4.69, 9.17) is 21.1 Å². The second kappa shape index (κ2) is 6.35. The molecule has 0 aromatic carbocycles. The average Bonchev–Trinajstić information content (AvgIpc) is 2.83. The molecule has 24 heavy (non-hydrogen) atoms. The number of amides is 1. The Bertz CT molecular complexity index is 608. The number of carbonyl (C=O) groups excluding carboxylic acids is 1. The predicted octanol–water partition coefficient (Wildman–Crippen LogP) is 3.39. The second-order valence-corrected chi connectivity index (χ2v) is 7.60. The molecule has 2 saturated heterocycles. The summed E-state index contributed by atoms with van der Waals surface area (Å²) in [5.74, 6) is 0.233.